The van der Waals surface area contributed by atoms with Crippen molar-refractivity contribution in [2.75, 3.05) is 18.2 Å². The Hall–Kier alpha value is -2.71. The third-order valence-corrected chi connectivity index (χ3v) is 5.42. The molecule has 3 aromatic rings. The van der Waals surface area contributed by atoms with Gasteiger partial charge < -0.3 is 19.4 Å². The van der Waals surface area contributed by atoms with Crippen LogP contribution >= 0.6 is 23.4 Å². The zero-order chi connectivity index (χ0) is 21.5. The lowest BCUT2D eigenvalue weighted by molar-refractivity contribution is -0.113. The molecule has 1 unspecified atom stereocenters. The van der Waals surface area contributed by atoms with Crippen LogP contribution in [0.5, 0.6) is 11.5 Å². The second-order valence-corrected chi connectivity index (χ2v) is 7.75. The molecule has 1 N–H and O–H groups in total. The fourth-order valence-corrected chi connectivity index (χ4v) is 3.83. The van der Waals surface area contributed by atoms with Crippen molar-refractivity contribution in [3.63, 3.8) is 0 Å². The standard InChI is InChI=1S/C21H23ClN4O3S/c1-4-26-20(14(2)29-18-10-6-9-17(12-18)28-3)24-25-21(26)30-13-19(27)23-16-8-5-7-15(22)11-16/h5-12,14H,4,13H2,1-3H3,(H,23,27). The topological polar surface area (TPSA) is 78.3 Å². The van der Waals surface area contributed by atoms with E-state index in [-0.39, 0.29) is 17.8 Å². The van der Waals surface area contributed by atoms with Gasteiger partial charge in [-0.15, -0.1) is 10.2 Å². The molecular weight excluding hydrogens is 424 g/mol. The van der Waals surface area contributed by atoms with Crippen LogP contribution in [0.15, 0.2) is 53.7 Å². The van der Waals surface area contributed by atoms with Gasteiger partial charge >= 0.3 is 0 Å². The van der Waals surface area contributed by atoms with Crippen LogP contribution in [0.4, 0.5) is 5.69 Å². The van der Waals surface area contributed by atoms with E-state index in [2.05, 4.69) is 15.5 Å². The Morgan fingerprint density at radius 1 is 1.20 bits per heavy atom. The van der Waals surface area contributed by atoms with Crippen molar-refractivity contribution in [3.05, 3.63) is 59.4 Å². The number of aromatic nitrogens is 3. The molecule has 30 heavy (non-hydrogen) atoms. The predicted octanol–water partition coefficient (Wildman–Crippen LogP) is 4.83. The minimum atomic E-state index is -0.320. The van der Waals surface area contributed by atoms with Crippen LogP contribution < -0.4 is 14.8 Å². The highest BCUT2D eigenvalue weighted by Gasteiger charge is 2.19. The lowest BCUT2D eigenvalue weighted by Gasteiger charge is -2.16. The highest BCUT2D eigenvalue weighted by molar-refractivity contribution is 7.99. The first-order valence-electron chi connectivity index (χ1n) is 9.42. The van der Waals surface area contributed by atoms with E-state index in [1.165, 1.54) is 11.8 Å². The predicted molar refractivity (Wildman–Crippen MR) is 119 cm³/mol. The van der Waals surface area contributed by atoms with E-state index in [0.717, 1.165) is 5.75 Å². The molecule has 1 aromatic heterocycles. The van der Waals surface area contributed by atoms with Crippen LogP contribution in [-0.2, 0) is 11.3 Å². The summed E-state index contributed by atoms with van der Waals surface area (Å²) in [5.74, 6) is 2.16. The lowest BCUT2D eigenvalue weighted by atomic mass is 10.3. The number of carbonyl (C=O) groups excluding carboxylic acids is 1. The van der Waals surface area contributed by atoms with Crippen LogP contribution in [0.1, 0.15) is 25.8 Å². The molecule has 0 aliphatic heterocycles. The fourth-order valence-electron chi connectivity index (χ4n) is 2.83. The van der Waals surface area contributed by atoms with E-state index in [1.807, 2.05) is 42.7 Å². The molecule has 0 saturated heterocycles. The summed E-state index contributed by atoms with van der Waals surface area (Å²) in [6, 6.07) is 14.4. The Bertz CT molecular complexity index is 1010. The van der Waals surface area contributed by atoms with E-state index in [9.17, 15) is 4.79 Å². The largest absolute Gasteiger partial charge is 0.497 e. The number of nitrogens with one attached hydrogen (secondary N) is 1. The number of thioether (sulfide) groups is 1. The van der Waals surface area contributed by atoms with Gasteiger partial charge in [0.05, 0.1) is 12.9 Å². The molecule has 2 aromatic carbocycles. The van der Waals surface area contributed by atoms with Crippen LogP contribution in [-0.4, -0.2) is 33.5 Å². The average Bonchev–Trinajstić information content (AvgIpc) is 3.15. The van der Waals surface area contributed by atoms with Gasteiger partial charge in [0.15, 0.2) is 17.1 Å². The second-order valence-electron chi connectivity index (χ2n) is 6.37. The molecule has 0 aliphatic rings. The highest BCUT2D eigenvalue weighted by Crippen LogP contribution is 2.27. The first kappa shape index (κ1) is 22.0. The zero-order valence-electron chi connectivity index (χ0n) is 17.0. The van der Waals surface area contributed by atoms with Gasteiger partial charge in [0.2, 0.25) is 5.91 Å². The van der Waals surface area contributed by atoms with Gasteiger partial charge in [-0.2, -0.15) is 0 Å². The molecule has 0 radical (unpaired) electrons. The number of halogens is 1. The second kappa shape index (κ2) is 10.4. The number of hydrogen-bond donors (Lipinski definition) is 1. The van der Waals surface area contributed by atoms with Crippen LogP contribution in [0, 0.1) is 0 Å². The van der Waals surface area contributed by atoms with Crippen LogP contribution in [0.2, 0.25) is 5.02 Å². The maximum Gasteiger partial charge on any atom is 0.234 e. The van der Waals surface area contributed by atoms with Crippen LogP contribution in [0.25, 0.3) is 0 Å². The molecule has 9 heteroatoms. The molecule has 0 saturated carbocycles. The average molecular weight is 447 g/mol. The molecule has 0 bridgehead atoms. The van der Waals surface area contributed by atoms with Crippen LogP contribution in [0.3, 0.4) is 0 Å². The smallest absolute Gasteiger partial charge is 0.234 e. The minimum Gasteiger partial charge on any atom is -0.497 e. The number of hydrogen-bond acceptors (Lipinski definition) is 6. The van der Waals surface area contributed by atoms with Gasteiger partial charge in [0.25, 0.3) is 0 Å². The number of methoxy groups -OCH3 is 1. The van der Waals surface area contributed by atoms with Gasteiger partial charge in [0, 0.05) is 23.3 Å². The summed E-state index contributed by atoms with van der Waals surface area (Å²) in [7, 11) is 1.61. The van der Waals surface area contributed by atoms with Gasteiger partial charge in [0.1, 0.15) is 11.5 Å². The summed E-state index contributed by atoms with van der Waals surface area (Å²) >= 11 is 7.27. The molecule has 158 valence electrons. The number of carbonyl (C=O) groups is 1. The molecule has 1 heterocycles. The first-order chi connectivity index (χ1) is 14.5. The van der Waals surface area contributed by atoms with Gasteiger partial charge in [-0.3, -0.25) is 4.79 Å². The Morgan fingerprint density at radius 3 is 2.70 bits per heavy atom. The highest BCUT2D eigenvalue weighted by atomic mass is 35.5. The summed E-state index contributed by atoms with van der Waals surface area (Å²) in [6.45, 7) is 4.57. The monoisotopic (exact) mass is 446 g/mol. The summed E-state index contributed by atoms with van der Waals surface area (Å²) in [4.78, 5) is 12.3. The van der Waals surface area contributed by atoms with Gasteiger partial charge in [-0.1, -0.05) is 35.5 Å². The quantitative estimate of drug-likeness (QED) is 0.474. The zero-order valence-corrected chi connectivity index (χ0v) is 18.5. The van der Waals surface area contributed by atoms with Crippen molar-refractivity contribution in [1.29, 1.82) is 0 Å². The Labute approximate surface area is 184 Å². The number of rotatable bonds is 9. The van der Waals surface area contributed by atoms with Crippen molar-refractivity contribution < 1.29 is 14.3 Å². The Morgan fingerprint density at radius 2 is 1.97 bits per heavy atom. The summed E-state index contributed by atoms with van der Waals surface area (Å²) in [5.41, 5.74) is 0.658. The minimum absolute atomic E-state index is 0.143. The number of anilines is 1. The Kier molecular flexibility index (Phi) is 7.59. The summed E-state index contributed by atoms with van der Waals surface area (Å²) < 4.78 is 13.2. The van der Waals surface area contributed by atoms with Crippen molar-refractivity contribution in [3.8, 4) is 11.5 Å². The van der Waals surface area contributed by atoms with E-state index in [0.29, 0.717) is 34.0 Å². The first-order valence-corrected chi connectivity index (χ1v) is 10.8. The molecule has 0 fully saturated rings. The van der Waals surface area contributed by atoms with Crippen molar-refractivity contribution in [1.82, 2.24) is 14.8 Å². The normalized spacial score (nSPS) is 11.7. The number of ether oxygens (including phenoxy) is 2. The Balaban J connectivity index is 1.63. The lowest BCUT2D eigenvalue weighted by Crippen LogP contribution is -2.15. The maximum absolute atomic E-state index is 12.3. The SMILES string of the molecule is CCn1c(SCC(=O)Nc2cccc(Cl)c2)nnc1C(C)Oc1cccc(OC)c1. The fraction of sp³-hybridized carbons (Fsp3) is 0.286. The maximum atomic E-state index is 12.3. The van der Waals surface area contributed by atoms with Crippen molar-refractivity contribution in [2.45, 2.75) is 31.7 Å². The number of nitrogens with zero attached hydrogens (tertiary/aromatic N) is 3. The van der Waals surface area contributed by atoms with Crippen molar-refractivity contribution >= 4 is 35.0 Å². The third-order valence-electron chi connectivity index (χ3n) is 4.22. The van der Waals surface area contributed by atoms with E-state index in [1.54, 1.807) is 31.4 Å². The van der Waals surface area contributed by atoms with E-state index in [4.69, 9.17) is 21.1 Å². The van der Waals surface area contributed by atoms with Gasteiger partial charge in [-0.25, -0.2) is 0 Å². The molecule has 3 rings (SSSR count). The molecule has 1 amide bonds. The van der Waals surface area contributed by atoms with Gasteiger partial charge in [-0.05, 0) is 44.2 Å². The van der Waals surface area contributed by atoms with E-state index < -0.39 is 0 Å². The summed E-state index contributed by atoms with van der Waals surface area (Å²) in [6.07, 6.45) is -0.320. The number of amides is 1. The molecular formula is C21H23ClN4O3S. The molecule has 7 nitrogen and oxygen atoms in total. The molecule has 0 spiro atoms. The molecule has 0 aliphatic carbocycles. The number of benzene rings is 2. The third kappa shape index (κ3) is 5.67. The van der Waals surface area contributed by atoms with Crippen molar-refractivity contribution in [2.24, 2.45) is 0 Å². The summed E-state index contributed by atoms with van der Waals surface area (Å²) in [5, 5.41) is 12.6. The van der Waals surface area contributed by atoms with E-state index >= 15 is 0 Å². The molecule has 1 atom stereocenters.